The van der Waals surface area contributed by atoms with E-state index in [9.17, 15) is 0 Å². The molecule has 0 amide bonds. The zero-order valence-electron chi connectivity index (χ0n) is 11.7. The molecule has 1 heterocycles. The van der Waals surface area contributed by atoms with Gasteiger partial charge in [-0.2, -0.15) is 5.10 Å². The Kier molecular flexibility index (Phi) is 4.04. The molecule has 0 spiro atoms. The van der Waals surface area contributed by atoms with E-state index in [2.05, 4.69) is 18.9 Å². The first-order valence-electron chi connectivity index (χ1n) is 6.19. The van der Waals surface area contributed by atoms with Crippen LogP contribution in [0.15, 0.2) is 29.2 Å². The van der Waals surface area contributed by atoms with Gasteiger partial charge in [0.15, 0.2) is 0 Å². The number of hydrogen-bond donors (Lipinski definition) is 1. The van der Waals surface area contributed by atoms with Crippen molar-refractivity contribution in [1.82, 2.24) is 9.78 Å². The molecule has 0 aliphatic rings. The summed E-state index contributed by atoms with van der Waals surface area (Å²) in [5, 5.41) is 4.40. The highest BCUT2D eigenvalue weighted by Crippen LogP contribution is 2.32. The number of aryl methyl sites for hydroxylation is 1. The first-order valence-corrected chi connectivity index (χ1v) is 7.42. The molecule has 2 rings (SSSR count). The van der Waals surface area contributed by atoms with E-state index in [1.54, 1.807) is 11.8 Å². The summed E-state index contributed by atoms with van der Waals surface area (Å²) in [5.74, 6) is 1.38. The molecular weight excluding hydrogens is 258 g/mol. The first kappa shape index (κ1) is 13.8. The second kappa shape index (κ2) is 5.57. The Morgan fingerprint density at radius 3 is 2.42 bits per heavy atom. The van der Waals surface area contributed by atoms with Gasteiger partial charge < -0.3 is 10.5 Å². The van der Waals surface area contributed by atoms with E-state index in [-0.39, 0.29) is 6.04 Å². The molecular formula is C14H19N3OS. The van der Waals surface area contributed by atoms with E-state index in [4.69, 9.17) is 10.5 Å². The summed E-state index contributed by atoms with van der Waals surface area (Å²) in [5.41, 5.74) is 7.43. The SMILES string of the molecule is CSc1ccc(Oc2c(N)c(C)nn2C(C)C)cc1. The van der Waals surface area contributed by atoms with Crippen LogP contribution in [-0.4, -0.2) is 16.0 Å². The van der Waals surface area contributed by atoms with Crippen LogP contribution in [0.5, 0.6) is 11.6 Å². The van der Waals surface area contributed by atoms with Crippen molar-refractivity contribution in [3.8, 4) is 11.6 Å². The van der Waals surface area contributed by atoms with Crippen molar-refractivity contribution in [2.24, 2.45) is 0 Å². The van der Waals surface area contributed by atoms with Gasteiger partial charge in [0, 0.05) is 4.90 Å². The summed E-state index contributed by atoms with van der Waals surface area (Å²) in [7, 11) is 0. The fourth-order valence-corrected chi connectivity index (χ4v) is 2.15. The van der Waals surface area contributed by atoms with Crippen LogP contribution in [0.4, 0.5) is 5.69 Å². The predicted octanol–water partition coefficient (Wildman–Crippen LogP) is 3.87. The molecule has 5 heteroatoms. The maximum absolute atomic E-state index is 6.03. The quantitative estimate of drug-likeness (QED) is 0.862. The van der Waals surface area contributed by atoms with E-state index in [1.165, 1.54) is 4.90 Å². The summed E-state index contributed by atoms with van der Waals surface area (Å²) >= 11 is 1.70. The van der Waals surface area contributed by atoms with E-state index in [0.29, 0.717) is 11.6 Å². The van der Waals surface area contributed by atoms with Crippen LogP contribution in [0.1, 0.15) is 25.6 Å². The summed E-state index contributed by atoms with van der Waals surface area (Å²) < 4.78 is 7.70. The van der Waals surface area contributed by atoms with E-state index < -0.39 is 0 Å². The third-order valence-electron chi connectivity index (χ3n) is 2.85. The molecule has 0 aliphatic heterocycles. The number of nitrogens with two attached hydrogens (primary N) is 1. The molecule has 0 radical (unpaired) electrons. The monoisotopic (exact) mass is 277 g/mol. The van der Waals surface area contributed by atoms with Crippen molar-refractivity contribution in [3.63, 3.8) is 0 Å². The van der Waals surface area contributed by atoms with Gasteiger partial charge in [-0.3, -0.25) is 0 Å². The van der Waals surface area contributed by atoms with Crippen LogP contribution in [0, 0.1) is 6.92 Å². The van der Waals surface area contributed by atoms with Gasteiger partial charge in [-0.05, 0) is 51.3 Å². The molecule has 0 atom stereocenters. The fourth-order valence-electron chi connectivity index (χ4n) is 1.75. The molecule has 0 saturated heterocycles. The number of hydrogen-bond acceptors (Lipinski definition) is 4. The van der Waals surface area contributed by atoms with Crippen molar-refractivity contribution in [1.29, 1.82) is 0 Å². The third kappa shape index (κ3) is 2.87. The molecule has 1 aromatic heterocycles. The van der Waals surface area contributed by atoms with Gasteiger partial charge >= 0.3 is 0 Å². The van der Waals surface area contributed by atoms with Crippen LogP contribution >= 0.6 is 11.8 Å². The molecule has 0 fully saturated rings. The topological polar surface area (TPSA) is 53.1 Å². The minimum atomic E-state index is 0.205. The largest absolute Gasteiger partial charge is 0.437 e. The molecule has 0 aliphatic carbocycles. The Morgan fingerprint density at radius 1 is 1.26 bits per heavy atom. The number of benzene rings is 1. The Hall–Kier alpha value is -1.62. The second-order valence-electron chi connectivity index (χ2n) is 4.62. The normalized spacial score (nSPS) is 11.0. The van der Waals surface area contributed by atoms with E-state index in [1.807, 2.05) is 42.1 Å². The van der Waals surface area contributed by atoms with E-state index in [0.717, 1.165) is 11.4 Å². The highest BCUT2D eigenvalue weighted by Gasteiger charge is 2.16. The summed E-state index contributed by atoms with van der Waals surface area (Å²) in [6.45, 7) is 5.99. The maximum atomic E-state index is 6.03. The van der Waals surface area contributed by atoms with Gasteiger partial charge in [-0.25, -0.2) is 4.68 Å². The lowest BCUT2D eigenvalue weighted by molar-refractivity contribution is 0.389. The van der Waals surface area contributed by atoms with Crippen molar-refractivity contribution in [2.45, 2.75) is 31.7 Å². The Labute approximate surface area is 117 Å². The van der Waals surface area contributed by atoms with E-state index >= 15 is 0 Å². The van der Waals surface area contributed by atoms with Crippen LogP contribution in [0.3, 0.4) is 0 Å². The molecule has 19 heavy (non-hydrogen) atoms. The van der Waals surface area contributed by atoms with Crippen LogP contribution in [0.2, 0.25) is 0 Å². The lowest BCUT2D eigenvalue weighted by atomic mass is 10.3. The molecule has 0 bridgehead atoms. The number of nitrogen functional groups attached to an aromatic ring is 1. The van der Waals surface area contributed by atoms with Crippen LogP contribution in [-0.2, 0) is 0 Å². The van der Waals surface area contributed by atoms with Crippen LogP contribution in [0.25, 0.3) is 0 Å². The predicted molar refractivity (Wildman–Crippen MR) is 80.1 cm³/mol. The summed E-state index contributed by atoms with van der Waals surface area (Å²) in [4.78, 5) is 1.20. The number of nitrogens with zero attached hydrogens (tertiary/aromatic N) is 2. The highest BCUT2D eigenvalue weighted by molar-refractivity contribution is 7.98. The molecule has 0 unspecified atom stereocenters. The average molecular weight is 277 g/mol. The molecule has 2 aromatic rings. The third-order valence-corrected chi connectivity index (χ3v) is 3.59. The standard InChI is InChI=1S/C14H19N3OS/c1-9(2)17-14(13(15)10(3)16-17)18-11-5-7-12(19-4)8-6-11/h5-9H,15H2,1-4H3. The number of rotatable bonds is 4. The smallest absolute Gasteiger partial charge is 0.241 e. The number of thioether (sulfide) groups is 1. The van der Waals surface area contributed by atoms with Gasteiger partial charge in [0.05, 0.1) is 11.7 Å². The average Bonchev–Trinajstić information content (AvgIpc) is 2.68. The van der Waals surface area contributed by atoms with Crippen molar-refractivity contribution in [2.75, 3.05) is 12.0 Å². The first-order chi connectivity index (χ1) is 9.02. The van der Waals surface area contributed by atoms with Crippen molar-refractivity contribution in [3.05, 3.63) is 30.0 Å². The summed E-state index contributed by atoms with van der Waals surface area (Å²) in [6, 6.07) is 8.14. The number of ether oxygens (including phenoxy) is 1. The van der Waals surface area contributed by atoms with Crippen molar-refractivity contribution >= 4 is 17.4 Å². The zero-order valence-corrected chi connectivity index (χ0v) is 12.5. The zero-order chi connectivity index (χ0) is 14.0. The second-order valence-corrected chi connectivity index (χ2v) is 5.50. The van der Waals surface area contributed by atoms with Gasteiger partial charge in [0.25, 0.3) is 0 Å². The number of aromatic nitrogens is 2. The maximum Gasteiger partial charge on any atom is 0.241 e. The Morgan fingerprint density at radius 2 is 1.89 bits per heavy atom. The minimum absolute atomic E-state index is 0.205. The highest BCUT2D eigenvalue weighted by atomic mass is 32.2. The molecule has 102 valence electrons. The van der Waals surface area contributed by atoms with Gasteiger partial charge in [-0.15, -0.1) is 11.8 Å². The van der Waals surface area contributed by atoms with Gasteiger partial charge in [-0.1, -0.05) is 0 Å². The Balaban J connectivity index is 2.31. The van der Waals surface area contributed by atoms with Crippen molar-refractivity contribution < 1.29 is 4.74 Å². The molecule has 0 saturated carbocycles. The Bertz CT molecular complexity index is 561. The lowest BCUT2D eigenvalue weighted by Crippen LogP contribution is -2.05. The number of anilines is 1. The molecule has 4 nitrogen and oxygen atoms in total. The minimum Gasteiger partial charge on any atom is -0.437 e. The fraction of sp³-hybridized carbons (Fsp3) is 0.357. The van der Waals surface area contributed by atoms with Gasteiger partial charge in [0.1, 0.15) is 11.4 Å². The van der Waals surface area contributed by atoms with Crippen LogP contribution < -0.4 is 10.5 Å². The van der Waals surface area contributed by atoms with Gasteiger partial charge in [0.2, 0.25) is 5.88 Å². The lowest BCUT2D eigenvalue weighted by Gasteiger charge is -2.12. The summed E-state index contributed by atoms with van der Waals surface area (Å²) in [6.07, 6.45) is 2.05. The molecule has 1 aromatic carbocycles. The molecule has 2 N–H and O–H groups in total.